The average Bonchev–Trinajstić information content (AvgIpc) is 2.38. The Hall–Kier alpha value is -1.86. The normalized spacial score (nSPS) is 9.83. The lowest BCUT2D eigenvalue weighted by atomic mass is 10.1. The first kappa shape index (κ1) is 12.6. The molecule has 4 heteroatoms. The zero-order valence-corrected chi connectivity index (χ0v) is 11.5. The van der Waals surface area contributed by atoms with E-state index < -0.39 is 0 Å². The molecule has 0 aliphatic carbocycles. The number of aromatic nitrogens is 1. The molecule has 0 aliphatic rings. The van der Waals surface area contributed by atoms with Gasteiger partial charge in [0.15, 0.2) is 0 Å². The molecule has 1 heterocycles. The van der Waals surface area contributed by atoms with Crippen LogP contribution in [0.2, 0.25) is 0 Å². The van der Waals surface area contributed by atoms with E-state index >= 15 is 0 Å². The largest absolute Gasteiger partial charge is 0.339 e. The molecule has 1 N–H and O–H groups in total. The number of hydrogen-bond donors (Lipinski definition) is 1. The highest BCUT2D eigenvalue weighted by Crippen LogP contribution is 2.26. The predicted octanol–water partition coefficient (Wildman–Crippen LogP) is 3.96. The number of halogens is 1. The summed E-state index contributed by atoms with van der Waals surface area (Å²) >= 11 is 3.51. The van der Waals surface area contributed by atoms with E-state index in [1.807, 2.05) is 37.3 Å². The molecule has 2 aromatic rings. The summed E-state index contributed by atoms with van der Waals surface area (Å²) in [5.41, 5.74) is 3.10. The molecule has 2 rings (SSSR count). The molecule has 0 atom stereocenters. The summed E-state index contributed by atoms with van der Waals surface area (Å²) in [5, 5.41) is 11.9. The SMILES string of the molecule is Cc1ccnc(Nc2ccc(CC#N)cc2)c1Br. The first-order chi connectivity index (χ1) is 8.70. The number of hydrogen-bond acceptors (Lipinski definition) is 3. The van der Waals surface area contributed by atoms with Crippen molar-refractivity contribution < 1.29 is 0 Å². The number of pyridine rings is 1. The van der Waals surface area contributed by atoms with E-state index in [-0.39, 0.29) is 0 Å². The maximum Gasteiger partial charge on any atom is 0.144 e. The number of nitrogens with one attached hydrogen (secondary N) is 1. The van der Waals surface area contributed by atoms with Gasteiger partial charge in [0.25, 0.3) is 0 Å². The Morgan fingerprint density at radius 3 is 2.67 bits per heavy atom. The van der Waals surface area contributed by atoms with Crippen LogP contribution in [0.5, 0.6) is 0 Å². The van der Waals surface area contributed by atoms with E-state index in [0.717, 1.165) is 27.1 Å². The monoisotopic (exact) mass is 301 g/mol. The Balaban J connectivity index is 2.19. The minimum absolute atomic E-state index is 0.437. The number of anilines is 2. The maximum absolute atomic E-state index is 8.61. The Labute approximate surface area is 115 Å². The van der Waals surface area contributed by atoms with Crippen molar-refractivity contribution in [2.75, 3.05) is 5.32 Å². The lowest BCUT2D eigenvalue weighted by Gasteiger charge is -2.09. The van der Waals surface area contributed by atoms with Crippen LogP contribution in [0, 0.1) is 18.3 Å². The van der Waals surface area contributed by atoms with Gasteiger partial charge in [0.05, 0.1) is 17.0 Å². The van der Waals surface area contributed by atoms with Gasteiger partial charge in [-0.15, -0.1) is 0 Å². The van der Waals surface area contributed by atoms with Crippen molar-refractivity contribution in [2.45, 2.75) is 13.3 Å². The molecule has 0 amide bonds. The van der Waals surface area contributed by atoms with E-state index in [4.69, 9.17) is 5.26 Å². The molecule has 0 radical (unpaired) electrons. The molecule has 0 bridgehead atoms. The standard InChI is InChI=1S/C14H12BrN3/c1-10-7-9-17-14(13(10)15)18-12-4-2-11(3-5-12)6-8-16/h2-5,7,9H,6H2,1H3,(H,17,18). The summed E-state index contributed by atoms with van der Waals surface area (Å²) in [7, 11) is 0. The molecular weight excluding hydrogens is 290 g/mol. The maximum atomic E-state index is 8.61. The van der Waals surface area contributed by atoms with Gasteiger partial charge in [-0.25, -0.2) is 4.98 Å². The highest BCUT2D eigenvalue weighted by atomic mass is 79.9. The molecule has 18 heavy (non-hydrogen) atoms. The van der Waals surface area contributed by atoms with Crippen LogP contribution in [0.3, 0.4) is 0 Å². The second-order valence-electron chi connectivity index (χ2n) is 3.95. The first-order valence-electron chi connectivity index (χ1n) is 5.54. The summed E-state index contributed by atoms with van der Waals surface area (Å²) in [5.74, 6) is 0.794. The number of aryl methyl sites for hydroxylation is 1. The van der Waals surface area contributed by atoms with Crippen LogP contribution >= 0.6 is 15.9 Å². The quantitative estimate of drug-likeness (QED) is 0.933. The summed E-state index contributed by atoms with van der Waals surface area (Å²) in [4.78, 5) is 4.28. The fourth-order valence-corrected chi connectivity index (χ4v) is 1.89. The van der Waals surface area contributed by atoms with Crippen LogP contribution in [-0.2, 0) is 6.42 Å². The molecule has 0 saturated carbocycles. The Morgan fingerprint density at radius 2 is 2.00 bits per heavy atom. The zero-order valence-electron chi connectivity index (χ0n) is 9.94. The Morgan fingerprint density at radius 1 is 1.28 bits per heavy atom. The molecule has 90 valence electrons. The van der Waals surface area contributed by atoms with E-state index in [1.165, 1.54) is 0 Å². The van der Waals surface area contributed by atoms with Crippen LogP contribution in [0.25, 0.3) is 0 Å². The van der Waals surface area contributed by atoms with Gasteiger partial charge < -0.3 is 5.32 Å². The molecule has 0 saturated heterocycles. The van der Waals surface area contributed by atoms with Gasteiger partial charge in [-0.1, -0.05) is 12.1 Å². The predicted molar refractivity (Wildman–Crippen MR) is 75.7 cm³/mol. The van der Waals surface area contributed by atoms with Crippen LogP contribution in [0.15, 0.2) is 41.0 Å². The third kappa shape index (κ3) is 2.88. The van der Waals surface area contributed by atoms with E-state index in [0.29, 0.717) is 6.42 Å². The third-order valence-corrected chi connectivity index (χ3v) is 3.58. The van der Waals surface area contributed by atoms with Crippen LogP contribution in [-0.4, -0.2) is 4.98 Å². The van der Waals surface area contributed by atoms with E-state index in [1.54, 1.807) is 6.20 Å². The fourth-order valence-electron chi connectivity index (χ4n) is 1.56. The van der Waals surface area contributed by atoms with Gasteiger partial charge in [0.1, 0.15) is 5.82 Å². The Kier molecular flexibility index (Phi) is 3.96. The number of benzene rings is 1. The summed E-state index contributed by atoms with van der Waals surface area (Å²) in [6, 6.07) is 11.9. The van der Waals surface area contributed by atoms with Crippen molar-refractivity contribution in [3.8, 4) is 6.07 Å². The molecular formula is C14H12BrN3. The summed E-state index contributed by atoms with van der Waals surface area (Å²) in [6.07, 6.45) is 2.21. The molecule has 0 spiro atoms. The lowest BCUT2D eigenvalue weighted by Crippen LogP contribution is -1.96. The minimum atomic E-state index is 0.437. The van der Waals surface area contributed by atoms with Gasteiger partial charge in [-0.3, -0.25) is 0 Å². The molecule has 3 nitrogen and oxygen atoms in total. The van der Waals surface area contributed by atoms with Crippen LogP contribution < -0.4 is 5.32 Å². The number of rotatable bonds is 3. The van der Waals surface area contributed by atoms with Gasteiger partial charge in [0, 0.05) is 11.9 Å². The third-order valence-electron chi connectivity index (χ3n) is 2.58. The molecule has 0 unspecified atom stereocenters. The first-order valence-corrected chi connectivity index (χ1v) is 6.34. The summed E-state index contributed by atoms with van der Waals surface area (Å²) < 4.78 is 0.964. The topological polar surface area (TPSA) is 48.7 Å². The zero-order chi connectivity index (χ0) is 13.0. The summed E-state index contributed by atoms with van der Waals surface area (Å²) in [6.45, 7) is 2.02. The van der Waals surface area contributed by atoms with E-state index in [2.05, 4.69) is 32.3 Å². The molecule has 0 fully saturated rings. The van der Waals surface area contributed by atoms with Crippen molar-refractivity contribution in [3.63, 3.8) is 0 Å². The fraction of sp³-hybridized carbons (Fsp3) is 0.143. The smallest absolute Gasteiger partial charge is 0.144 e. The van der Waals surface area contributed by atoms with Crippen molar-refractivity contribution in [1.29, 1.82) is 5.26 Å². The van der Waals surface area contributed by atoms with Gasteiger partial charge >= 0.3 is 0 Å². The molecule has 1 aromatic carbocycles. The highest BCUT2D eigenvalue weighted by molar-refractivity contribution is 9.10. The lowest BCUT2D eigenvalue weighted by molar-refractivity contribution is 1.24. The number of nitrogens with zero attached hydrogens (tertiary/aromatic N) is 2. The van der Waals surface area contributed by atoms with E-state index in [9.17, 15) is 0 Å². The molecule has 1 aromatic heterocycles. The van der Waals surface area contributed by atoms with Gasteiger partial charge in [0.2, 0.25) is 0 Å². The average molecular weight is 302 g/mol. The number of nitriles is 1. The minimum Gasteiger partial charge on any atom is -0.339 e. The van der Waals surface area contributed by atoms with Gasteiger partial charge in [-0.2, -0.15) is 5.26 Å². The highest BCUT2D eigenvalue weighted by Gasteiger charge is 2.04. The Bertz CT molecular complexity index is 585. The second-order valence-corrected chi connectivity index (χ2v) is 4.74. The van der Waals surface area contributed by atoms with Crippen molar-refractivity contribution in [1.82, 2.24) is 4.98 Å². The van der Waals surface area contributed by atoms with Gasteiger partial charge in [-0.05, 0) is 52.2 Å². The van der Waals surface area contributed by atoms with Crippen molar-refractivity contribution in [3.05, 3.63) is 52.1 Å². The second kappa shape index (κ2) is 5.65. The molecule has 0 aliphatic heterocycles. The van der Waals surface area contributed by atoms with Crippen LogP contribution in [0.4, 0.5) is 11.5 Å². The van der Waals surface area contributed by atoms with Crippen molar-refractivity contribution >= 4 is 27.4 Å². The van der Waals surface area contributed by atoms with Crippen molar-refractivity contribution in [2.24, 2.45) is 0 Å². The van der Waals surface area contributed by atoms with Crippen LogP contribution in [0.1, 0.15) is 11.1 Å².